The topological polar surface area (TPSA) is 70.6 Å². The van der Waals surface area contributed by atoms with Gasteiger partial charge in [0.25, 0.3) is 0 Å². The van der Waals surface area contributed by atoms with E-state index in [0.29, 0.717) is 17.0 Å². The van der Waals surface area contributed by atoms with E-state index in [1.807, 2.05) is 0 Å². The van der Waals surface area contributed by atoms with E-state index in [9.17, 15) is 18.7 Å². The summed E-state index contributed by atoms with van der Waals surface area (Å²) in [5.41, 5.74) is 1.69. The van der Waals surface area contributed by atoms with E-state index in [1.165, 1.54) is 30.3 Å². The lowest BCUT2D eigenvalue weighted by Crippen LogP contribution is -2.32. The Labute approximate surface area is 167 Å². The van der Waals surface area contributed by atoms with Gasteiger partial charge < -0.3 is 20.5 Å². The number of carbonyl (C=O) groups is 1. The first-order chi connectivity index (χ1) is 14.0. The fraction of sp³-hybridized carbons (Fsp3) is 0.136. The lowest BCUT2D eigenvalue weighted by atomic mass is 10.1. The van der Waals surface area contributed by atoms with Crippen molar-refractivity contribution in [2.75, 3.05) is 11.9 Å². The molecule has 2 amide bonds. The highest BCUT2D eigenvalue weighted by atomic mass is 19.1. The monoisotopic (exact) mass is 398 g/mol. The highest BCUT2D eigenvalue weighted by Crippen LogP contribution is 2.19. The van der Waals surface area contributed by atoms with Gasteiger partial charge in [-0.1, -0.05) is 30.3 Å². The van der Waals surface area contributed by atoms with Gasteiger partial charge in [0.15, 0.2) is 0 Å². The molecule has 150 valence electrons. The summed E-state index contributed by atoms with van der Waals surface area (Å²) in [4.78, 5) is 12.1. The molecule has 0 radical (unpaired) electrons. The molecule has 3 aromatic rings. The Morgan fingerprint density at radius 3 is 2.48 bits per heavy atom. The summed E-state index contributed by atoms with van der Waals surface area (Å²) in [7, 11) is 0. The maximum Gasteiger partial charge on any atom is 0.319 e. The van der Waals surface area contributed by atoms with Gasteiger partial charge in [-0.3, -0.25) is 0 Å². The SMILES string of the molecule is O=C(NCC(O)c1cccc(F)c1)Nc1cccc(OCc2ccc(F)cc2)c1. The predicted molar refractivity (Wildman–Crippen MR) is 106 cm³/mol. The predicted octanol–water partition coefficient (Wildman–Crippen LogP) is 4.40. The summed E-state index contributed by atoms with van der Waals surface area (Å²) in [5, 5.41) is 15.2. The Kier molecular flexibility index (Phi) is 6.76. The quantitative estimate of drug-likeness (QED) is 0.553. The first-order valence-corrected chi connectivity index (χ1v) is 8.95. The summed E-state index contributed by atoms with van der Waals surface area (Å²) in [6.07, 6.45) is -1.03. The third-order valence-electron chi connectivity index (χ3n) is 4.10. The number of amides is 2. The van der Waals surface area contributed by atoms with Crippen molar-refractivity contribution in [3.8, 4) is 5.75 Å². The molecule has 0 heterocycles. The molecule has 0 bridgehead atoms. The molecule has 5 nitrogen and oxygen atoms in total. The molecule has 1 unspecified atom stereocenters. The minimum Gasteiger partial charge on any atom is -0.489 e. The average molecular weight is 398 g/mol. The van der Waals surface area contributed by atoms with Gasteiger partial charge in [-0.25, -0.2) is 13.6 Å². The minimum absolute atomic E-state index is 0.0734. The van der Waals surface area contributed by atoms with Crippen LogP contribution in [0, 0.1) is 11.6 Å². The molecule has 0 saturated carbocycles. The molecule has 0 spiro atoms. The molecule has 7 heteroatoms. The summed E-state index contributed by atoms with van der Waals surface area (Å²) in [6, 6.07) is 17.8. The second kappa shape index (κ2) is 9.66. The molecule has 3 aromatic carbocycles. The third kappa shape index (κ3) is 6.29. The molecule has 0 aliphatic carbocycles. The molecule has 3 rings (SSSR count). The van der Waals surface area contributed by atoms with Gasteiger partial charge in [0.05, 0.1) is 6.10 Å². The number of hydrogen-bond acceptors (Lipinski definition) is 3. The second-order valence-electron chi connectivity index (χ2n) is 6.35. The van der Waals surface area contributed by atoms with E-state index in [-0.39, 0.29) is 19.0 Å². The molecular formula is C22H20F2N2O3. The molecule has 1 atom stereocenters. The Balaban J connectivity index is 1.50. The van der Waals surface area contributed by atoms with Crippen molar-refractivity contribution < 1.29 is 23.4 Å². The molecule has 29 heavy (non-hydrogen) atoms. The summed E-state index contributed by atoms with van der Waals surface area (Å²) in [6.45, 7) is 0.186. The van der Waals surface area contributed by atoms with Crippen molar-refractivity contribution in [1.29, 1.82) is 0 Å². The van der Waals surface area contributed by atoms with Crippen LogP contribution >= 0.6 is 0 Å². The second-order valence-corrected chi connectivity index (χ2v) is 6.35. The number of anilines is 1. The smallest absolute Gasteiger partial charge is 0.319 e. The molecule has 0 aromatic heterocycles. The van der Waals surface area contributed by atoms with Gasteiger partial charge in [0, 0.05) is 18.3 Å². The van der Waals surface area contributed by atoms with Crippen molar-refractivity contribution in [3.05, 3.63) is 95.6 Å². The highest BCUT2D eigenvalue weighted by Gasteiger charge is 2.10. The number of ether oxygens (including phenoxy) is 1. The molecule has 0 aliphatic rings. The number of rotatable bonds is 7. The number of halogens is 2. The Bertz CT molecular complexity index is 964. The Morgan fingerprint density at radius 1 is 0.966 bits per heavy atom. The van der Waals surface area contributed by atoms with Crippen molar-refractivity contribution in [3.63, 3.8) is 0 Å². The summed E-state index contributed by atoms with van der Waals surface area (Å²) in [5.74, 6) is -0.233. The molecule has 0 saturated heterocycles. The van der Waals surface area contributed by atoms with E-state index < -0.39 is 18.0 Å². The van der Waals surface area contributed by atoms with E-state index in [1.54, 1.807) is 42.5 Å². The maximum absolute atomic E-state index is 13.2. The number of urea groups is 1. The van der Waals surface area contributed by atoms with Crippen LogP contribution in [0.4, 0.5) is 19.3 Å². The number of hydrogen-bond donors (Lipinski definition) is 3. The largest absolute Gasteiger partial charge is 0.489 e. The molecule has 0 fully saturated rings. The van der Waals surface area contributed by atoms with Crippen LogP contribution in [0.3, 0.4) is 0 Å². The van der Waals surface area contributed by atoms with E-state index in [0.717, 1.165) is 5.56 Å². The fourth-order valence-corrected chi connectivity index (χ4v) is 2.61. The molecular weight excluding hydrogens is 378 g/mol. The maximum atomic E-state index is 13.2. The van der Waals surface area contributed by atoms with Crippen molar-refractivity contribution in [1.82, 2.24) is 5.32 Å². The Morgan fingerprint density at radius 2 is 1.72 bits per heavy atom. The van der Waals surface area contributed by atoms with E-state index in [2.05, 4.69) is 10.6 Å². The Hall–Kier alpha value is -3.45. The van der Waals surface area contributed by atoms with Gasteiger partial charge in [-0.05, 0) is 47.5 Å². The number of aliphatic hydroxyl groups is 1. The lowest BCUT2D eigenvalue weighted by molar-refractivity contribution is 0.174. The van der Waals surface area contributed by atoms with Gasteiger partial charge in [-0.15, -0.1) is 0 Å². The average Bonchev–Trinajstić information content (AvgIpc) is 2.72. The number of aliphatic hydroxyl groups excluding tert-OH is 1. The van der Waals surface area contributed by atoms with Gasteiger partial charge in [0.1, 0.15) is 24.0 Å². The lowest BCUT2D eigenvalue weighted by Gasteiger charge is -2.13. The van der Waals surface area contributed by atoms with Crippen LogP contribution in [0.1, 0.15) is 17.2 Å². The minimum atomic E-state index is -1.03. The van der Waals surface area contributed by atoms with Gasteiger partial charge in [-0.2, -0.15) is 0 Å². The number of benzene rings is 3. The standard InChI is InChI=1S/C22H20F2N2O3/c23-17-9-7-15(8-10-17)14-29-20-6-2-5-19(12-20)26-22(28)25-13-21(27)16-3-1-4-18(24)11-16/h1-12,21,27H,13-14H2,(H2,25,26,28). The summed E-state index contributed by atoms with van der Waals surface area (Å²) < 4.78 is 31.8. The van der Waals surface area contributed by atoms with Crippen molar-refractivity contribution >= 4 is 11.7 Å². The molecule has 3 N–H and O–H groups in total. The van der Waals surface area contributed by atoms with Crippen molar-refractivity contribution in [2.45, 2.75) is 12.7 Å². The molecule has 0 aliphatic heterocycles. The first kappa shape index (κ1) is 20.3. The van der Waals surface area contributed by atoms with Crippen LogP contribution in [0.25, 0.3) is 0 Å². The van der Waals surface area contributed by atoms with E-state index >= 15 is 0 Å². The normalized spacial score (nSPS) is 11.6. The number of nitrogens with one attached hydrogen (secondary N) is 2. The van der Waals surface area contributed by atoms with E-state index in [4.69, 9.17) is 4.74 Å². The zero-order valence-corrected chi connectivity index (χ0v) is 15.4. The zero-order valence-electron chi connectivity index (χ0n) is 15.4. The fourth-order valence-electron chi connectivity index (χ4n) is 2.61. The van der Waals surface area contributed by atoms with Crippen molar-refractivity contribution in [2.24, 2.45) is 0 Å². The van der Waals surface area contributed by atoms with Crippen LogP contribution in [-0.2, 0) is 6.61 Å². The summed E-state index contributed by atoms with van der Waals surface area (Å²) >= 11 is 0. The van der Waals surface area contributed by atoms with Gasteiger partial charge >= 0.3 is 6.03 Å². The third-order valence-corrected chi connectivity index (χ3v) is 4.10. The van der Waals surface area contributed by atoms with Crippen LogP contribution in [0.5, 0.6) is 5.75 Å². The van der Waals surface area contributed by atoms with Crippen LogP contribution < -0.4 is 15.4 Å². The first-order valence-electron chi connectivity index (χ1n) is 8.95. The number of carbonyl (C=O) groups excluding carboxylic acids is 1. The zero-order chi connectivity index (χ0) is 20.6. The highest BCUT2D eigenvalue weighted by molar-refractivity contribution is 5.89. The van der Waals surface area contributed by atoms with Gasteiger partial charge in [0.2, 0.25) is 0 Å². The van der Waals surface area contributed by atoms with Crippen LogP contribution in [0.2, 0.25) is 0 Å². The van der Waals surface area contributed by atoms with Crippen LogP contribution in [-0.4, -0.2) is 17.7 Å². The van der Waals surface area contributed by atoms with Crippen LogP contribution in [0.15, 0.2) is 72.8 Å².